The van der Waals surface area contributed by atoms with E-state index in [4.69, 9.17) is 14.2 Å². The first-order valence-corrected chi connectivity index (χ1v) is 12.4. The average molecular weight is 503 g/mol. The second-order valence-corrected chi connectivity index (χ2v) is 9.16. The Bertz CT molecular complexity index is 1240. The van der Waals surface area contributed by atoms with Crippen molar-refractivity contribution in [1.82, 2.24) is 5.32 Å². The fourth-order valence-electron chi connectivity index (χ4n) is 5.12. The number of carbonyl (C=O) groups is 2. The number of benzene rings is 3. The molecule has 1 heterocycles. The van der Waals surface area contributed by atoms with Crippen molar-refractivity contribution in [2.75, 3.05) is 44.9 Å². The fourth-order valence-corrected chi connectivity index (χ4v) is 5.12. The molecular weight excluding hydrogens is 472 g/mol. The largest absolute Gasteiger partial charge is 0.496 e. The number of methoxy groups -OCH3 is 1. The summed E-state index contributed by atoms with van der Waals surface area (Å²) in [7, 11) is 1.55. The number of anilines is 1. The molecule has 5 rings (SSSR count). The zero-order chi connectivity index (χ0) is 25.8. The maximum absolute atomic E-state index is 12.7. The van der Waals surface area contributed by atoms with Crippen molar-refractivity contribution in [3.05, 3.63) is 83.4 Å². The van der Waals surface area contributed by atoms with E-state index >= 15 is 0 Å². The van der Waals surface area contributed by atoms with Crippen LogP contribution in [-0.4, -0.2) is 63.2 Å². The van der Waals surface area contributed by atoms with Crippen molar-refractivity contribution >= 4 is 17.7 Å². The van der Waals surface area contributed by atoms with Gasteiger partial charge >= 0.3 is 12.1 Å². The third-order valence-electron chi connectivity index (χ3n) is 7.00. The Labute approximate surface area is 215 Å². The van der Waals surface area contributed by atoms with E-state index in [1.54, 1.807) is 7.11 Å². The standard InChI is InChI=1S/C29H30N2O6/c1-35-27-17-20(31-12-14-36-15-13-31)11-10-19(27)16-26(28(32)33)30-29(34)37-18-25-23-8-4-2-6-21(23)22-7-3-5-9-24(22)25/h2-11,17,25-26H,12-16,18H2,1H3,(H,30,34)(H,32,33). The number of fused-ring (bicyclic) bond motifs is 3. The molecule has 1 saturated heterocycles. The summed E-state index contributed by atoms with van der Waals surface area (Å²) in [6.07, 6.45) is -0.704. The second-order valence-electron chi connectivity index (χ2n) is 9.16. The molecular formula is C29H30N2O6. The van der Waals surface area contributed by atoms with Crippen LogP contribution < -0.4 is 15.0 Å². The van der Waals surface area contributed by atoms with Crippen molar-refractivity contribution in [3.63, 3.8) is 0 Å². The molecule has 0 saturated carbocycles. The minimum absolute atomic E-state index is 0.0616. The lowest BCUT2D eigenvalue weighted by Gasteiger charge is -2.29. The highest BCUT2D eigenvalue weighted by atomic mass is 16.5. The average Bonchev–Trinajstić information content (AvgIpc) is 3.25. The van der Waals surface area contributed by atoms with Crippen LogP contribution in [0.3, 0.4) is 0 Å². The Morgan fingerprint density at radius 1 is 1.03 bits per heavy atom. The second kappa shape index (κ2) is 10.9. The van der Waals surface area contributed by atoms with Crippen molar-refractivity contribution in [1.29, 1.82) is 0 Å². The number of ether oxygens (including phenoxy) is 3. The van der Waals surface area contributed by atoms with Crippen molar-refractivity contribution < 1.29 is 28.9 Å². The van der Waals surface area contributed by atoms with Gasteiger partial charge in [0.15, 0.2) is 0 Å². The summed E-state index contributed by atoms with van der Waals surface area (Å²) in [4.78, 5) is 26.9. The van der Waals surface area contributed by atoms with Gasteiger partial charge in [-0.1, -0.05) is 54.6 Å². The molecule has 1 unspecified atom stereocenters. The molecule has 8 heteroatoms. The van der Waals surface area contributed by atoms with Gasteiger partial charge in [-0.15, -0.1) is 0 Å². The zero-order valence-corrected chi connectivity index (χ0v) is 20.7. The summed E-state index contributed by atoms with van der Waals surface area (Å²) < 4.78 is 16.5. The molecule has 0 aromatic heterocycles. The number of carbonyl (C=O) groups excluding carboxylic acids is 1. The molecule has 1 amide bonds. The molecule has 1 atom stereocenters. The number of hydrogen-bond acceptors (Lipinski definition) is 6. The summed E-state index contributed by atoms with van der Waals surface area (Å²) >= 11 is 0. The highest BCUT2D eigenvalue weighted by molar-refractivity contribution is 5.81. The van der Waals surface area contributed by atoms with Crippen molar-refractivity contribution in [2.45, 2.75) is 18.4 Å². The van der Waals surface area contributed by atoms with Gasteiger partial charge in [0.25, 0.3) is 0 Å². The number of carboxylic acids is 1. The normalized spacial score (nSPS) is 15.4. The maximum atomic E-state index is 12.7. The van der Waals surface area contributed by atoms with Gasteiger partial charge in [-0.25, -0.2) is 9.59 Å². The first kappa shape index (κ1) is 24.6. The first-order chi connectivity index (χ1) is 18.0. The Hall–Kier alpha value is -4.04. The highest BCUT2D eigenvalue weighted by Gasteiger charge is 2.30. The molecule has 8 nitrogen and oxygen atoms in total. The van der Waals surface area contributed by atoms with E-state index in [0.717, 1.165) is 41.0 Å². The number of nitrogens with zero attached hydrogens (tertiary/aromatic N) is 1. The van der Waals surface area contributed by atoms with Crippen molar-refractivity contribution in [3.8, 4) is 16.9 Å². The Kier molecular flexibility index (Phi) is 7.28. The lowest BCUT2D eigenvalue weighted by molar-refractivity contribution is -0.139. The van der Waals surface area contributed by atoms with Crippen LogP contribution in [0.4, 0.5) is 10.5 Å². The molecule has 3 aromatic rings. The van der Waals surface area contributed by atoms with Gasteiger partial charge in [0, 0.05) is 37.2 Å². The summed E-state index contributed by atoms with van der Waals surface area (Å²) in [5.41, 5.74) is 6.12. The minimum Gasteiger partial charge on any atom is -0.496 e. The van der Waals surface area contributed by atoms with Gasteiger partial charge in [-0.05, 0) is 33.9 Å². The summed E-state index contributed by atoms with van der Waals surface area (Å²) in [5.74, 6) is -0.674. The molecule has 0 bridgehead atoms. The quantitative estimate of drug-likeness (QED) is 0.479. The van der Waals surface area contributed by atoms with Crippen LogP contribution in [-0.2, 0) is 20.7 Å². The number of nitrogens with one attached hydrogen (secondary N) is 1. The van der Waals surface area contributed by atoms with Crippen LogP contribution >= 0.6 is 0 Å². The molecule has 0 radical (unpaired) electrons. The number of aliphatic carboxylic acids is 1. The summed E-state index contributed by atoms with van der Waals surface area (Å²) in [6.45, 7) is 3.00. The third-order valence-corrected chi connectivity index (χ3v) is 7.00. The van der Waals surface area contributed by atoms with Crippen LogP contribution in [0.15, 0.2) is 66.7 Å². The SMILES string of the molecule is COc1cc(N2CCOCC2)ccc1CC(NC(=O)OCC1c2ccccc2-c2ccccc21)C(=O)O. The molecule has 192 valence electrons. The van der Waals surface area contributed by atoms with E-state index < -0.39 is 18.1 Å². The molecule has 37 heavy (non-hydrogen) atoms. The van der Waals surface area contributed by atoms with Crippen LogP contribution in [0.2, 0.25) is 0 Å². The number of alkyl carbamates (subject to hydrolysis) is 1. The summed E-state index contributed by atoms with van der Waals surface area (Å²) in [6, 6.07) is 20.6. The molecule has 2 aliphatic rings. The van der Waals surface area contributed by atoms with Gasteiger partial charge in [0.05, 0.1) is 20.3 Å². The Balaban J connectivity index is 1.25. The molecule has 1 aliphatic carbocycles. The number of amides is 1. The predicted molar refractivity (Wildman–Crippen MR) is 139 cm³/mol. The van der Waals surface area contributed by atoms with Gasteiger partial charge in [0.1, 0.15) is 18.4 Å². The summed E-state index contributed by atoms with van der Waals surface area (Å²) in [5, 5.41) is 12.3. The third kappa shape index (κ3) is 5.24. The lowest BCUT2D eigenvalue weighted by atomic mass is 9.98. The van der Waals surface area contributed by atoms with E-state index in [1.165, 1.54) is 0 Å². The van der Waals surface area contributed by atoms with E-state index in [0.29, 0.717) is 24.5 Å². The van der Waals surface area contributed by atoms with Gasteiger partial charge < -0.3 is 29.5 Å². The first-order valence-electron chi connectivity index (χ1n) is 12.4. The molecule has 1 fully saturated rings. The van der Waals surface area contributed by atoms with Crippen LogP contribution in [0.25, 0.3) is 11.1 Å². The highest BCUT2D eigenvalue weighted by Crippen LogP contribution is 2.44. The van der Waals surface area contributed by atoms with Crippen LogP contribution in [0.5, 0.6) is 5.75 Å². The number of carboxylic acid groups (broad SMARTS) is 1. The Morgan fingerprint density at radius 2 is 1.68 bits per heavy atom. The number of rotatable bonds is 8. The van der Waals surface area contributed by atoms with E-state index in [-0.39, 0.29) is 18.9 Å². The smallest absolute Gasteiger partial charge is 0.407 e. The Morgan fingerprint density at radius 3 is 2.30 bits per heavy atom. The van der Waals surface area contributed by atoms with E-state index in [2.05, 4.69) is 22.3 Å². The van der Waals surface area contributed by atoms with Crippen LogP contribution in [0, 0.1) is 0 Å². The van der Waals surface area contributed by atoms with E-state index in [1.807, 2.05) is 54.6 Å². The molecule has 3 aromatic carbocycles. The lowest BCUT2D eigenvalue weighted by Crippen LogP contribution is -2.43. The van der Waals surface area contributed by atoms with Gasteiger partial charge in [-0.3, -0.25) is 0 Å². The van der Waals surface area contributed by atoms with Gasteiger partial charge in [0.2, 0.25) is 0 Å². The number of hydrogen-bond donors (Lipinski definition) is 2. The molecule has 1 aliphatic heterocycles. The van der Waals surface area contributed by atoms with E-state index in [9.17, 15) is 14.7 Å². The monoisotopic (exact) mass is 502 g/mol. The topological polar surface area (TPSA) is 97.3 Å². The number of morpholine rings is 1. The maximum Gasteiger partial charge on any atom is 0.407 e. The predicted octanol–water partition coefficient (Wildman–Crippen LogP) is 4.07. The molecule has 2 N–H and O–H groups in total. The zero-order valence-electron chi connectivity index (χ0n) is 20.7. The van der Waals surface area contributed by atoms with Crippen molar-refractivity contribution in [2.24, 2.45) is 0 Å². The fraction of sp³-hybridized carbons (Fsp3) is 0.310. The molecule has 0 spiro atoms. The van der Waals surface area contributed by atoms with Crippen LogP contribution in [0.1, 0.15) is 22.6 Å². The van der Waals surface area contributed by atoms with Gasteiger partial charge in [-0.2, -0.15) is 0 Å². The minimum atomic E-state index is -1.17.